The quantitative estimate of drug-likeness (QED) is 0.718. The van der Waals surface area contributed by atoms with E-state index in [1.54, 1.807) is 13.0 Å². The molecule has 2 nitrogen and oxygen atoms in total. The maximum Gasteiger partial charge on any atom is 0.127 e. The van der Waals surface area contributed by atoms with Gasteiger partial charge < -0.3 is 9.53 Å². The van der Waals surface area contributed by atoms with E-state index < -0.39 is 0 Å². The maximum atomic E-state index is 10.7. The lowest BCUT2D eigenvalue weighted by molar-refractivity contribution is -0.108. The Bertz CT molecular complexity index is 323. The second kappa shape index (κ2) is 5.01. The fourth-order valence-electron chi connectivity index (χ4n) is 1.31. The first-order valence-electron chi connectivity index (χ1n) is 4.57. The van der Waals surface area contributed by atoms with Crippen LogP contribution < -0.4 is 4.74 Å². The van der Waals surface area contributed by atoms with Crippen molar-refractivity contribution in [1.82, 2.24) is 0 Å². The molecule has 0 saturated heterocycles. The minimum absolute atomic E-state index is 0.231. The molecule has 14 heavy (non-hydrogen) atoms. The highest BCUT2D eigenvalue weighted by molar-refractivity contribution is 6.31. The van der Waals surface area contributed by atoms with Gasteiger partial charge in [0.1, 0.15) is 12.0 Å². The zero-order valence-electron chi connectivity index (χ0n) is 8.29. The van der Waals surface area contributed by atoms with Gasteiger partial charge in [-0.1, -0.05) is 24.6 Å². The lowest BCUT2D eigenvalue weighted by Gasteiger charge is -2.13. The molecule has 0 radical (unpaired) electrons. The lowest BCUT2D eigenvalue weighted by Crippen LogP contribution is -2.01. The number of hydrogen-bond donors (Lipinski definition) is 0. The van der Waals surface area contributed by atoms with Gasteiger partial charge in [-0.05, 0) is 19.1 Å². The highest BCUT2D eigenvalue weighted by atomic mass is 35.5. The Morgan fingerprint density at radius 1 is 1.57 bits per heavy atom. The smallest absolute Gasteiger partial charge is 0.127 e. The van der Waals surface area contributed by atoms with Crippen LogP contribution in [0, 0.1) is 0 Å². The second-order valence-corrected chi connectivity index (χ2v) is 3.42. The molecule has 0 N–H and O–H groups in total. The van der Waals surface area contributed by atoms with E-state index in [2.05, 4.69) is 0 Å². The predicted octanol–water partition coefficient (Wildman–Crippen LogP) is 3.04. The van der Waals surface area contributed by atoms with Crippen LogP contribution >= 0.6 is 11.6 Å². The lowest BCUT2D eigenvalue weighted by atomic mass is 10.0. The van der Waals surface area contributed by atoms with Gasteiger partial charge in [0.15, 0.2) is 0 Å². The van der Waals surface area contributed by atoms with Crippen LogP contribution in [0.2, 0.25) is 5.02 Å². The number of hydrogen-bond acceptors (Lipinski definition) is 2. The summed E-state index contributed by atoms with van der Waals surface area (Å²) in [6, 6.07) is 5.40. The van der Waals surface area contributed by atoms with Crippen molar-refractivity contribution >= 4 is 17.9 Å². The molecule has 0 aromatic heterocycles. The molecule has 1 aromatic carbocycles. The summed E-state index contributed by atoms with van der Waals surface area (Å²) in [5.74, 6) is 0.463. The van der Waals surface area contributed by atoms with Gasteiger partial charge in [0.25, 0.3) is 0 Å². The van der Waals surface area contributed by atoms with E-state index in [1.165, 1.54) is 0 Å². The van der Waals surface area contributed by atoms with Crippen LogP contribution in [0.1, 0.15) is 25.3 Å². The predicted molar refractivity (Wildman–Crippen MR) is 57.1 cm³/mol. The van der Waals surface area contributed by atoms with Crippen LogP contribution in [-0.4, -0.2) is 12.9 Å². The molecule has 1 unspecified atom stereocenters. The molecular formula is C11H13ClO2. The molecule has 0 bridgehead atoms. The minimum Gasteiger partial charge on any atom is -0.494 e. The average Bonchev–Trinajstić information content (AvgIpc) is 2.18. The van der Waals surface area contributed by atoms with Crippen LogP contribution in [0.3, 0.4) is 0 Å². The van der Waals surface area contributed by atoms with Gasteiger partial charge >= 0.3 is 0 Å². The number of ether oxygens (including phenoxy) is 1. The van der Waals surface area contributed by atoms with Crippen molar-refractivity contribution in [3.05, 3.63) is 28.8 Å². The van der Waals surface area contributed by atoms with E-state index in [0.717, 1.165) is 11.8 Å². The van der Waals surface area contributed by atoms with Crippen LogP contribution in [0.25, 0.3) is 0 Å². The van der Waals surface area contributed by atoms with Gasteiger partial charge in [0, 0.05) is 16.5 Å². The van der Waals surface area contributed by atoms with E-state index in [4.69, 9.17) is 16.3 Å². The molecule has 0 aliphatic rings. The van der Waals surface area contributed by atoms with Gasteiger partial charge in [-0.15, -0.1) is 0 Å². The first-order chi connectivity index (χ1) is 6.70. The summed E-state index contributed by atoms with van der Waals surface area (Å²) >= 11 is 6.00. The van der Waals surface area contributed by atoms with Crippen LogP contribution in [0.5, 0.6) is 5.75 Å². The SMILES string of the molecule is CCOc1cccc(Cl)c1C(C)C=O. The fourth-order valence-corrected chi connectivity index (χ4v) is 1.65. The Kier molecular flexibility index (Phi) is 3.96. The molecule has 3 heteroatoms. The monoisotopic (exact) mass is 212 g/mol. The number of halogens is 1. The molecule has 1 atom stereocenters. The van der Waals surface area contributed by atoms with Crippen molar-refractivity contribution in [2.45, 2.75) is 19.8 Å². The second-order valence-electron chi connectivity index (χ2n) is 3.01. The van der Waals surface area contributed by atoms with E-state index in [1.807, 2.05) is 19.1 Å². The average molecular weight is 213 g/mol. The third-order valence-electron chi connectivity index (χ3n) is 1.97. The summed E-state index contributed by atoms with van der Waals surface area (Å²) in [6.07, 6.45) is 0.865. The van der Waals surface area contributed by atoms with Gasteiger partial charge in [-0.2, -0.15) is 0 Å². The third-order valence-corrected chi connectivity index (χ3v) is 2.30. The zero-order valence-corrected chi connectivity index (χ0v) is 9.04. The summed E-state index contributed by atoms with van der Waals surface area (Å²) in [5, 5.41) is 0.579. The van der Waals surface area contributed by atoms with Gasteiger partial charge in [-0.3, -0.25) is 0 Å². The van der Waals surface area contributed by atoms with Crippen molar-refractivity contribution in [3.8, 4) is 5.75 Å². The van der Waals surface area contributed by atoms with Crippen LogP contribution in [0.15, 0.2) is 18.2 Å². The number of rotatable bonds is 4. The molecule has 0 aliphatic carbocycles. The van der Waals surface area contributed by atoms with E-state index in [0.29, 0.717) is 17.4 Å². The standard InChI is InChI=1S/C11H13ClO2/c1-3-14-10-6-4-5-9(12)11(10)8(2)7-13/h4-8H,3H2,1-2H3. The number of benzene rings is 1. The highest BCUT2D eigenvalue weighted by Crippen LogP contribution is 2.32. The number of carbonyl (C=O) groups is 1. The molecule has 0 aliphatic heterocycles. The Balaban J connectivity index is 3.14. The summed E-state index contributed by atoms with van der Waals surface area (Å²) in [6.45, 7) is 4.27. The molecule has 0 fully saturated rings. The Morgan fingerprint density at radius 3 is 2.86 bits per heavy atom. The summed E-state index contributed by atoms with van der Waals surface area (Å²) in [4.78, 5) is 10.7. The number of aldehydes is 1. The fraction of sp³-hybridized carbons (Fsp3) is 0.364. The normalized spacial score (nSPS) is 12.2. The molecule has 0 heterocycles. The van der Waals surface area contributed by atoms with Crippen LogP contribution in [0.4, 0.5) is 0 Å². The van der Waals surface area contributed by atoms with Crippen molar-refractivity contribution in [2.24, 2.45) is 0 Å². The van der Waals surface area contributed by atoms with E-state index in [-0.39, 0.29) is 5.92 Å². The van der Waals surface area contributed by atoms with E-state index in [9.17, 15) is 4.79 Å². The molecule has 0 amide bonds. The number of carbonyl (C=O) groups excluding carboxylic acids is 1. The van der Waals surface area contributed by atoms with Crippen molar-refractivity contribution in [1.29, 1.82) is 0 Å². The Labute approximate surface area is 88.8 Å². The van der Waals surface area contributed by atoms with Gasteiger partial charge in [-0.25, -0.2) is 0 Å². The molecule has 0 saturated carbocycles. The third kappa shape index (κ3) is 2.26. The minimum atomic E-state index is -0.231. The molecular weight excluding hydrogens is 200 g/mol. The Morgan fingerprint density at radius 2 is 2.29 bits per heavy atom. The first kappa shape index (κ1) is 11.1. The highest BCUT2D eigenvalue weighted by Gasteiger charge is 2.14. The van der Waals surface area contributed by atoms with Crippen LogP contribution in [-0.2, 0) is 4.79 Å². The largest absolute Gasteiger partial charge is 0.494 e. The zero-order chi connectivity index (χ0) is 10.6. The summed E-state index contributed by atoms with van der Waals surface area (Å²) in [7, 11) is 0. The maximum absolute atomic E-state index is 10.7. The van der Waals surface area contributed by atoms with E-state index >= 15 is 0 Å². The van der Waals surface area contributed by atoms with Crippen molar-refractivity contribution in [3.63, 3.8) is 0 Å². The summed E-state index contributed by atoms with van der Waals surface area (Å²) < 4.78 is 5.40. The van der Waals surface area contributed by atoms with Gasteiger partial charge in [0.05, 0.1) is 6.61 Å². The molecule has 1 rings (SSSR count). The molecule has 76 valence electrons. The topological polar surface area (TPSA) is 26.3 Å². The first-order valence-corrected chi connectivity index (χ1v) is 4.95. The molecule has 1 aromatic rings. The van der Waals surface area contributed by atoms with Gasteiger partial charge in [0.2, 0.25) is 0 Å². The Hall–Kier alpha value is -1.02. The van der Waals surface area contributed by atoms with Crippen molar-refractivity contribution in [2.75, 3.05) is 6.61 Å². The summed E-state index contributed by atoms with van der Waals surface area (Å²) in [5.41, 5.74) is 0.769. The molecule has 0 spiro atoms. The van der Waals surface area contributed by atoms with Crippen molar-refractivity contribution < 1.29 is 9.53 Å².